The van der Waals surface area contributed by atoms with E-state index in [1.807, 2.05) is 60.6 Å². The zero-order valence-corrected chi connectivity index (χ0v) is 27.0. The summed E-state index contributed by atoms with van der Waals surface area (Å²) in [5.41, 5.74) is 3.48. The van der Waals surface area contributed by atoms with Gasteiger partial charge in [0.15, 0.2) is 0 Å². The van der Waals surface area contributed by atoms with E-state index < -0.39 is 0 Å². The molecule has 0 radical (unpaired) electrons. The Labute approximate surface area is 273 Å². The number of benzene rings is 2. The number of pyridine rings is 1. The van der Waals surface area contributed by atoms with Crippen molar-refractivity contribution < 1.29 is 14.0 Å². The Morgan fingerprint density at radius 2 is 1.55 bits per heavy atom. The van der Waals surface area contributed by atoms with Crippen LogP contribution >= 0.6 is 0 Å². The number of halogens is 1. The predicted molar refractivity (Wildman–Crippen MR) is 181 cm³/mol. The number of likely N-dealkylation sites (tertiary alicyclic amines) is 2. The second-order valence-electron chi connectivity index (χ2n) is 12.7. The van der Waals surface area contributed by atoms with E-state index >= 15 is 0 Å². The Morgan fingerprint density at radius 3 is 2.23 bits per heavy atom. The summed E-state index contributed by atoms with van der Waals surface area (Å²) in [5, 5.41) is 9.98. The fraction of sp³-hybridized carbons (Fsp3) is 0.400. The highest BCUT2D eigenvalue weighted by molar-refractivity contribution is 5.89. The molecule has 2 fully saturated rings. The van der Waals surface area contributed by atoms with Gasteiger partial charge in [-0.1, -0.05) is 24.3 Å². The monoisotopic (exact) mass is 640 g/mol. The molecule has 6 rings (SSSR count). The van der Waals surface area contributed by atoms with Crippen LogP contribution in [0.4, 0.5) is 25.6 Å². The van der Waals surface area contributed by atoms with E-state index in [-0.39, 0.29) is 41.6 Å². The third-order valence-corrected chi connectivity index (χ3v) is 8.95. The van der Waals surface area contributed by atoms with Gasteiger partial charge in [-0.3, -0.25) is 9.36 Å². The fourth-order valence-corrected chi connectivity index (χ4v) is 6.41. The molecular weight excluding hydrogens is 599 g/mol. The molecule has 0 spiro atoms. The molecule has 2 aliphatic heterocycles. The van der Waals surface area contributed by atoms with Gasteiger partial charge in [-0.15, -0.1) is 0 Å². The van der Waals surface area contributed by atoms with E-state index in [0.717, 1.165) is 16.5 Å². The number of nitrogens with zero attached hydrogens (tertiary/aromatic N) is 5. The lowest BCUT2D eigenvalue weighted by molar-refractivity contribution is 0.169. The lowest BCUT2D eigenvalue weighted by Gasteiger charge is -2.34. The van der Waals surface area contributed by atoms with Crippen LogP contribution in [0.1, 0.15) is 51.1 Å². The summed E-state index contributed by atoms with van der Waals surface area (Å²) in [6.45, 7) is 8.02. The van der Waals surface area contributed by atoms with Gasteiger partial charge in [-0.05, 0) is 87.9 Å². The number of nitrogens with one attached hydrogen (secondary N) is 3. The number of piperidine rings is 2. The maximum atomic E-state index is 14.3. The van der Waals surface area contributed by atoms with Crippen LogP contribution in [0.5, 0.6) is 0 Å². The SMILES string of the molecule is Cc1ccccc1-c1cc2cnc(NC3CCN(C(=O)Nc4ccc(F)cc4)CC3)nc2n(C2CCN(C(=O)NC(C)C)CC2)c1=O. The van der Waals surface area contributed by atoms with E-state index in [9.17, 15) is 18.8 Å². The molecule has 11 nitrogen and oxygen atoms in total. The highest BCUT2D eigenvalue weighted by atomic mass is 19.1. The number of anilines is 2. The van der Waals surface area contributed by atoms with Gasteiger partial charge < -0.3 is 25.8 Å². The second-order valence-corrected chi connectivity index (χ2v) is 12.7. The standard InChI is InChI=1S/C35H41FN8O3/c1-22(2)38-34(46)43-18-14-28(15-19-43)44-31-24(20-30(32(44)45)29-7-5-4-6-23(29)3)21-37-33(41-31)39-27-12-16-42(17-13-27)35(47)40-26-10-8-25(36)9-11-26/h4-11,20-22,27-28H,12-19H2,1-3H3,(H,38,46)(H,40,47)(H,37,39,41). The third-order valence-electron chi connectivity index (χ3n) is 8.95. The van der Waals surface area contributed by atoms with Crippen LogP contribution in [0.2, 0.25) is 0 Å². The topological polar surface area (TPSA) is 124 Å². The predicted octanol–water partition coefficient (Wildman–Crippen LogP) is 5.77. The maximum absolute atomic E-state index is 14.3. The molecule has 0 aliphatic carbocycles. The molecule has 4 aromatic rings. The zero-order chi connectivity index (χ0) is 33.1. The minimum absolute atomic E-state index is 0.0384. The molecule has 0 atom stereocenters. The first-order valence-corrected chi connectivity index (χ1v) is 16.3. The summed E-state index contributed by atoms with van der Waals surface area (Å²) >= 11 is 0. The van der Waals surface area contributed by atoms with Crippen LogP contribution in [0.15, 0.2) is 65.6 Å². The molecule has 0 unspecified atom stereocenters. The number of hydrogen-bond donors (Lipinski definition) is 3. The molecule has 2 aliphatic rings. The first kappa shape index (κ1) is 32.0. The van der Waals surface area contributed by atoms with Gasteiger partial charge in [0.25, 0.3) is 5.56 Å². The largest absolute Gasteiger partial charge is 0.351 e. The minimum Gasteiger partial charge on any atom is -0.351 e. The Balaban J connectivity index is 1.22. The van der Waals surface area contributed by atoms with Crippen molar-refractivity contribution in [3.63, 3.8) is 0 Å². The highest BCUT2D eigenvalue weighted by Gasteiger charge is 2.28. The smallest absolute Gasteiger partial charge is 0.321 e. The van der Waals surface area contributed by atoms with Gasteiger partial charge in [-0.2, -0.15) is 4.98 Å². The number of aromatic nitrogens is 3. The minimum atomic E-state index is -0.356. The summed E-state index contributed by atoms with van der Waals surface area (Å²) < 4.78 is 15.0. The van der Waals surface area contributed by atoms with Crippen molar-refractivity contribution in [2.24, 2.45) is 0 Å². The molecule has 4 amide bonds. The third kappa shape index (κ3) is 7.21. The van der Waals surface area contributed by atoms with Gasteiger partial charge in [0.1, 0.15) is 11.5 Å². The molecule has 3 N–H and O–H groups in total. The average Bonchev–Trinajstić information content (AvgIpc) is 3.06. The van der Waals surface area contributed by atoms with Gasteiger partial charge in [0.2, 0.25) is 5.95 Å². The van der Waals surface area contributed by atoms with E-state index in [4.69, 9.17) is 4.98 Å². The number of aryl methyl sites for hydroxylation is 1. The quantitative estimate of drug-likeness (QED) is 0.246. The summed E-state index contributed by atoms with van der Waals surface area (Å²) in [4.78, 5) is 52.8. The molecule has 47 heavy (non-hydrogen) atoms. The molecule has 0 saturated carbocycles. The summed E-state index contributed by atoms with van der Waals surface area (Å²) in [6.07, 6.45) is 4.40. The molecule has 2 aromatic carbocycles. The zero-order valence-electron chi connectivity index (χ0n) is 27.0. The number of amides is 4. The van der Waals surface area contributed by atoms with Crippen LogP contribution in [-0.4, -0.2) is 74.7 Å². The summed E-state index contributed by atoms with van der Waals surface area (Å²) in [5.74, 6) is 0.0725. The van der Waals surface area contributed by atoms with Gasteiger partial charge in [-0.25, -0.2) is 19.0 Å². The van der Waals surface area contributed by atoms with Crippen LogP contribution in [-0.2, 0) is 0 Å². The Hall–Kier alpha value is -5.00. The van der Waals surface area contributed by atoms with Gasteiger partial charge in [0.05, 0.1) is 0 Å². The number of urea groups is 2. The number of rotatable bonds is 6. The lowest BCUT2D eigenvalue weighted by atomic mass is 9.99. The Bertz CT molecular complexity index is 1810. The molecule has 2 aromatic heterocycles. The van der Waals surface area contributed by atoms with Crippen molar-refractivity contribution in [2.75, 3.05) is 36.8 Å². The van der Waals surface area contributed by atoms with E-state index in [1.165, 1.54) is 24.3 Å². The van der Waals surface area contributed by atoms with Crippen molar-refractivity contribution in [3.05, 3.63) is 82.5 Å². The molecule has 0 bridgehead atoms. The van der Waals surface area contributed by atoms with Gasteiger partial charge in [0, 0.05) is 67.1 Å². The highest BCUT2D eigenvalue weighted by Crippen LogP contribution is 2.29. The average molecular weight is 641 g/mol. The molecule has 12 heteroatoms. The number of hydrogen-bond acceptors (Lipinski definition) is 6. The van der Waals surface area contributed by atoms with Gasteiger partial charge >= 0.3 is 12.1 Å². The molecule has 4 heterocycles. The normalized spacial score (nSPS) is 16.0. The van der Waals surface area contributed by atoms with Crippen molar-refractivity contribution in [1.29, 1.82) is 0 Å². The summed E-state index contributed by atoms with van der Waals surface area (Å²) in [6, 6.07) is 15.1. The van der Waals surface area contributed by atoms with Crippen LogP contribution in [0, 0.1) is 12.7 Å². The van der Waals surface area contributed by atoms with Crippen molar-refractivity contribution >= 4 is 34.7 Å². The van der Waals surface area contributed by atoms with Crippen molar-refractivity contribution in [3.8, 4) is 11.1 Å². The van der Waals surface area contributed by atoms with Crippen LogP contribution in [0.25, 0.3) is 22.2 Å². The summed E-state index contributed by atoms with van der Waals surface area (Å²) in [7, 11) is 0. The Kier molecular flexibility index (Phi) is 9.37. The molecule has 246 valence electrons. The van der Waals surface area contributed by atoms with Crippen molar-refractivity contribution in [1.82, 2.24) is 29.7 Å². The Morgan fingerprint density at radius 1 is 0.894 bits per heavy atom. The van der Waals surface area contributed by atoms with Crippen molar-refractivity contribution in [2.45, 2.75) is 64.6 Å². The van der Waals surface area contributed by atoms with E-state index in [2.05, 4.69) is 20.9 Å². The van der Waals surface area contributed by atoms with E-state index in [0.29, 0.717) is 74.7 Å². The number of carbonyl (C=O) groups excluding carboxylic acids is 2. The fourth-order valence-electron chi connectivity index (χ4n) is 6.41. The first-order chi connectivity index (χ1) is 22.7. The lowest BCUT2D eigenvalue weighted by Crippen LogP contribution is -2.47. The van der Waals surface area contributed by atoms with E-state index in [1.54, 1.807) is 11.1 Å². The number of fused-ring (bicyclic) bond motifs is 1. The maximum Gasteiger partial charge on any atom is 0.321 e. The van der Waals surface area contributed by atoms with Crippen LogP contribution in [0.3, 0.4) is 0 Å². The molecule has 2 saturated heterocycles. The first-order valence-electron chi connectivity index (χ1n) is 16.3. The number of carbonyl (C=O) groups is 2. The second kappa shape index (κ2) is 13.8. The molecular formula is C35H41FN8O3. The van der Waals surface area contributed by atoms with Crippen LogP contribution < -0.4 is 21.5 Å².